The summed E-state index contributed by atoms with van der Waals surface area (Å²) in [6.07, 6.45) is 0. The zero-order valence-electron chi connectivity index (χ0n) is 12.4. The van der Waals surface area contributed by atoms with E-state index in [9.17, 15) is 4.79 Å². The van der Waals surface area contributed by atoms with Gasteiger partial charge in [0, 0.05) is 13.6 Å². The maximum atomic E-state index is 12.4. The number of carbonyl (C=O) groups is 1. The predicted octanol–water partition coefficient (Wildman–Crippen LogP) is 3.12. The van der Waals surface area contributed by atoms with Crippen LogP contribution in [-0.4, -0.2) is 34.0 Å². The van der Waals surface area contributed by atoms with E-state index < -0.39 is 0 Å². The molecular weight excluding hydrogens is 274 g/mol. The minimum Gasteiger partial charge on any atom is -0.344 e. The second kappa shape index (κ2) is 5.83. The number of imidazole rings is 1. The van der Waals surface area contributed by atoms with Crippen molar-refractivity contribution in [2.75, 3.05) is 13.6 Å². The molecule has 1 atom stereocenters. The monoisotopic (exact) mass is 293 g/mol. The van der Waals surface area contributed by atoms with Crippen LogP contribution >= 0.6 is 11.6 Å². The van der Waals surface area contributed by atoms with Gasteiger partial charge in [0.15, 0.2) is 0 Å². The molecule has 1 aromatic heterocycles. The summed E-state index contributed by atoms with van der Waals surface area (Å²) >= 11 is 6.01. The third-order valence-electron chi connectivity index (χ3n) is 3.70. The van der Waals surface area contributed by atoms with Gasteiger partial charge in [-0.3, -0.25) is 4.79 Å². The molecule has 0 aliphatic carbocycles. The molecule has 1 heterocycles. The molecule has 2 rings (SSSR count). The van der Waals surface area contributed by atoms with Crippen molar-refractivity contribution in [1.29, 1.82) is 0 Å². The molecule has 20 heavy (non-hydrogen) atoms. The second-order valence-corrected chi connectivity index (χ2v) is 5.27. The summed E-state index contributed by atoms with van der Waals surface area (Å²) in [7, 11) is 1.81. The number of aryl methyl sites for hydroxylation is 1. The molecule has 0 aliphatic rings. The van der Waals surface area contributed by atoms with Crippen LogP contribution in [0.1, 0.15) is 31.3 Å². The summed E-state index contributed by atoms with van der Waals surface area (Å²) in [6.45, 7) is 6.58. The van der Waals surface area contributed by atoms with Crippen LogP contribution in [0.2, 0.25) is 0 Å². The van der Waals surface area contributed by atoms with E-state index in [0.717, 1.165) is 22.4 Å². The summed E-state index contributed by atoms with van der Waals surface area (Å²) < 4.78 is 1.96. The van der Waals surface area contributed by atoms with Gasteiger partial charge in [0.25, 0.3) is 0 Å². The Morgan fingerprint density at radius 3 is 2.80 bits per heavy atom. The minimum atomic E-state index is -0.306. The number of amides is 1. The lowest BCUT2D eigenvalue weighted by molar-refractivity contribution is -0.132. The SMILES string of the molecule is CCN(C)C(=O)C(C)n1c(CCl)nc2cccc(C)c21. The third-order valence-corrected chi connectivity index (χ3v) is 3.94. The minimum absolute atomic E-state index is 0.0708. The summed E-state index contributed by atoms with van der Waals surface area (Å²) in [4.78, 5) is 18.7. The highest BCUT2D eigenvalue weighted by molar-refractivity contribution is 6.17. The van der Waals surface area contributed by atoms with Crippen molar-refractivity contribution in [3.05, 3.63) is 29.6 Å². The number of aromatic nitrogens is 2. The van der Waals surface area contributed by atoms with Gasteiger partial charge >= 0.3 is 0 Å². The molecule has 108 valence electrons. The lowest BCUT2D eigenvalue weighted by Gasteiger charge is -2.22. The molecule has 0 fully saturated rings. The molecule has 0 radical (unpaired) electrons. The van der Waals surface area contributed by atoms with E-state index in [0.29, 0.717) is 12.4 Å². The number of alkyl halides is 1. The molecule has 1 aromatic carbocycles. The third kappa shape index (κ3) is 2.40. The summed E-state index contributed by atoms with van der Waals surface area (Å²) in [6, 6.07) is 5.65. The van der Waals surface area contributed by atoms with Crippen molar-refractivity contribution < 1.29 is 4.79 Å². The Kier molecular flexibility index (Phi) is 4.33. The van der Waals surface area contributed by atoms with E-state index >= 15 is 0 Å². The van der Waals surface area contributed by atoms with Crippen LogP contribution in [0.15, 0.2) is 18.2 Å². The molecule has 0 spiro atoms. The van der Waals surface area contributed by atoms with Crippen molar-refractivity contribution in [1.82, 2.24) is 14.5 Å². The lowest BCUT2D eigenvalue weighted by Crippen LogP contribution is -2.33. The smallest absolute Gasteiger partial charge is 0.245 e. The van der Waals surface area contributed by atoms with Crippen LogP contribution in [0.25, 0.3) is 11.0 Å². The Balaban J connectivity index is 2.60. The average molecular weight is 294 g/mol. The van der Waals surface area contributed by atoms with Gasteiger partial charge < -0.3 is 9.47 Å². The highest BCUT2D eigenvalue weighted by Crippen LogP contribution is 2.26. The number of carbonyl (C=O) groups excluding carboxylic acids is 1. The Morgan fingerprint density at radius 1 is 1.50 bits per heavy atom. The van der Waals surface area contributed by atoms with Crippen molar-refractivity contribution in [3.8, 4) is 0 Å². The Morgan fingerprint density at radius 2 is 2.20 bits per heavy atom. The van der Waals surface area contributed by atoms with Crippen LogP contribution in [0, 0.1) is 6.92 Å². The van der Waals surface area contributed by atoms with Gasteiger partial charge in [-0.1, -0.05) is 12.1 Å². The van der Waals surface area contributed by atoms with Crippen molar-refractivity contribution in [3.63, 3.8) is 0 Å². The number of nitrogens with zero attached hydrogens (tertiary/aromatic N) is 3. The first-order valence-electron chi connectivity index (χ1n) is 6.78. The second-order valence-electron chi connectivity index (χ2n) is 5.00. The Labute approximate surface area is 124 Å². The predicted molar refractivity (Wildman–Crippen MR) is 82.0 cm³/mol. The normalized spacial score (nSPS) is 12.7. The summed E-state index contributed by atoms with van der Waals surface area (Å²) in [5.41, 5.74) is 2.98. The first kappa shape index (κ1) is 14.9. The van der Waals surface area contributed by atoms with Gasteiger partial charge in [0.1, 0.15) is 11.9 Å². The van der Waals surface area contributed by atoms with Gasteiger partial charge in [0.05, 0.1) is 16.9 Å². The number of hydrogen-bond donors (Lipinski definition) is 0. The molecule has 4 nitrogen and oxygen atoms in total. The molecule has 1 unspecified atom stereocenters. The summed E-state index contributed by atoms with van der Waals surface area (Å²) in [5.74, 6) is 1.10. The number of para-hydroxylation sites is 1. The number of rotatable bonds is 4. The number of likely N-dealkylation sites (N-methyl/N-ethyl adjacent to an activating group) is 1. The first-order valence-corrected chi connectivity index (χ1v) is 7.32. The van der Waals surface area contributed by atoms with Gasteiger partial charge in [-0.2, -0.15) is 0 Å². The standard InChI is InChI=1S/C15H20ClN3O/c1-5-18(4)15(20)11(3)19-13(9-16)17-12-8-6-7-10(2)14(12)19/h6-8,11H,5,9H2,1-4H3. The molecule has 0 aliphatic heterocycles. The van der Waals surface area contributed by atoms with Gasteiger partial charge in [-0.15, -0.1) is 11.6 Å². The molecule has 2 aromatic rings. The molecule has 0 bridgehead atoms. The van der Waals surface area contributed by atoms with Crippen molar-refractivity contribution in [2.45, 2.75) is 32.7 Å². The van der Waals surface area contributed by atoms with E-state index in [2.05, 4.69) is 4.98 Å². The van der Waals surface area contributed by atoms with E-state index in [1.54, 1.807) is 4.90 Å². The van der Waals surface area contributed by atoms with Crippen LogP contribution in [0.4, 0.5) is 0 Å². The molecule has 0 saturated carbocycles. The lowest BCUT2D eigenvalue weighted by atomic mass is 10.2. The number of fused-ring (bicyclic) bond motifs is 1. The highest BCUT2D eigenvalue weighted by Gasteiger charge is 2.23. The van der Waals surface area contributed by atoms with E-state index in [1.807, 2.05) is 50.6 Å². The maximum absolute atomic E-state index is 12.4. The fraction of sp³-hybridized carbons (Fsp3) is 0.467. The molecule has 5 heteroatoms. The maximum Gasteiger partial charge on any atom is 0.245 e. The highest BCUT2D eigenvalue weighted by atomic mass is 35.5. The molecular formula is C15H20ClN3O. The topological polar surface area (TPSA) is 38.1 Å². The van der Waals surface area contributed by atoms with Crippen molar-refractivity contribution in [2.24, 2.45) is 0 Å². The first-order chi connectivity index (χ1) is 9.51. The quantitative estimate of drug-likeness (QED) is 0.812. The molecule has 1 amide bonds. The van der Waals surface area contributed by atoms with Crippen LogP contribution in [0.3, 0.4) is 0 Å². The fourth-order valence-corrected chi connectivity index (χ4v) is 2.65. The summed E-state index contributed by atoms with van der Waals surface area (Å²) in [5, 5.41) is 0. The Hall–Kier alpha value is -1.55. The largest absolute Gasteiger partial charge is 0.344 e. The van der Waals surface area contributed by atoms with E-state index in [-0.39, 0.29) is 11.9 Å². The average Bonchev–Trinajstić information content (AvgIpc) is 2.84. The van der Waals surface area contributed by atoms with Crippen molar-refractivity contribution >= 4 is 28.5 Å². The van der Waals surface area contributed by atoms with Crippen LogP contribution in [0.5, 0.6) is 0 Å². The van der Waals surface area contributed by atoms with Crippen LogP contribution in [-0.2, 0) is 10.7 Å². The number of halogens is 1. The van der Waals surface area contributed by atoms with E-state index in [4.69, 9.17) is 11.6 Å². The fourth-order valence-electron chi connectivity index (χ4n) is 2.47. The zero-order valence-corrected chi connectivity index (χ0v) is 13.1. The number of hydrogen-bond acceptors (Lipinski definition) is 2. The Bertz CT molecular complexity index is 635. The van der Waals surface area contributed by atoms with Gasteiger partial charge in [-0.25, -0.2) is 4.98 Å². The van der Waals surface area contributed by atoms with E-state index in [1.165, 1.54) is 0 Å². The molecule has 0 saturated heterocycles. The van der Waals surface area contributed by atoms with Gasteiger partial charge in [0.2, 0.25) is 5.91 Å². The zero-order chi connectivity index (χ0) is 14.9. The molecule has 0 N–H and O–H groups in total. The number of benzene rings is 1. The van der Waals surface area contributed by atoms with Crippen LogP contribution < -0.4 is 0 Å². The van der Waals surface area contributed by atoms with Gasteiger partial charge in [-0.05, 0) is 32.4 Å².